The molecule has 0 aliphatic carbocycles. The number of benzene rings is 1. The van der Waals surface area contributed by atoms with Gasteiger partial charge >= 0.3 is 34.7 Å². The van der Waals surface area contributed by atoms with Crippen LogP contribution in [0.25, 0.3) is 11.0 Å². The Hall–Kier alpha value is -1.13. The fourth-order valence-corrected chi connectivity index (χ4v) is 4.53. The first-order valence-corrected chi connectivity index (χ1v) is 11.1. The molecule has 1 aromatic carbocycles. The van der Waals surface area contributed by atoms with Crippen LogP contribution in [0.4, 0.5) is 0 Å². The van der Waals surface area contributed by atoms with E-state index in [4.69, 9.17) is 14.2 Å². The maximum atomic E-state index is 12.8. The normalized spacial score (nSPS) is 16.4. The monoisotopic (exact) mass is 439 g/mol. The molecule has 4 rings (SSSR count). The molecule has 7 nitrogen and oxygen atoms in total. The summed E-state index contributed by atoms with van der Waals surface area (Å²) in [6, 6.07) is 9.47. The molecule has 0 bridgehead atoms. The van der Waals surface area contributed by atoms with Crippen molar-refractivity contribution in [3.8, 4) is 5.75 Å². The van der Waals surface area contributed by atoms with E-state index in [1.807, 2.05) is 37.3 Å². The number of nitrogens with zero attached hydrogens (tertiary/aromatic N) is 2. The predicted molar refractivity (Wildman–Crippen MR) is 117 cm³/mol. The quantitative estimate of drug-likeness (QED) is 0.429. The summed E-state index contributed by atoms with van der Waals surface area (Å²) in [5, 5.41) is 0.458. The van der Waals surface area contributed by atoms with Crippen molar-refractivity contribution in [2.75, 3.05) is 19.8 Å². The van der Waals surface area contributed by atoms with Crippen LogP contribution in [-0.4, -0.2) is 74.7 Å². The number of H-pyrrole nitrogens is 1. The van der Waals surface area contributed by atoms with E-state index in [1.54, 1.807) is 6.20 Å². The molecule has 1 unspecified atom stereocenters. The summed E-state index contributed by atoms with van der Waals surface area (Å²) in [6.45, 7) is 5.71. The summed E-state index contributed by atoms with van der Waals surface area (Å²) in [5.74, 6) is 0.474. The second-order valence-corrected chi connectivity index (χ2v) is 8.36. The van der Waals surface area contributed by atoms with Gasteiger partial charge in [0, 0.05) is 29.4 Å². The third-order valence-electron chi connectivity index (χ3n) is 5.20. The van der Waals surface area contributed by atoms with Crippen molar-refractivity contribution in [3.05, 3.63) is 47.8 Å². The second kappa shape index (κ2) is 10.5. The molecule has 9 heteroatoms. The van der Waals surface area contributed by atoms with E-state index in [-0.39, 0.29) is 35.3 Å². The first-order valence-electron chi connectivity index (χ1n) is 9.78. The van der Waals surface area contributed by atoms with Crippen molar-refractivity contribution in [3.63, 3.8) is 0 Å². The van der Waals surface area contributed by atoms with Gasteiger partial charge in [0.1, 0.15) is 5.75 Å². The van der Waals surface area contributed by atoms with Gasteiger partial charge in [0.15, 0.2) is 11.5 Å². The number of nitrogens with one attached hydrogen (secondary N) is 1. The Kier molecular flexibility index (Phi) is 8.20. The average molecular weight is 440 g/mol. The number of aromatic nitrogens is 3. The third-order valence-corrected chi connectivity index (χ3v) is 6.36. The summed E-state index contributed by atoms with van der Waals surface area (Å²) in [7, 11) is 0. The Labute approximate surface area is 201 Å². The number of pyridine rings is 1. The van der Waals surface area contributed by atoms with Gasteiger partial charge in [-0.05, 0) is 31.5 Å². The van der Waals surface area contributed by atoms with Crippen LogP contribution >= 0.6 is 0 Å². The van der Waals surface area contributed by atoms with Crippen molar-refractivity contribution in [1.82, 2.24) is 15.0 Å². The molecular formula is C21H26N3NaO4S. The molecule has 3 heterocycles. The fraction of sp³-hybridized carbons (Fsp3) is 0.429. The van der Waals surface area contributed by atoms with Crippen LogP contribution in [0.1, 0.15) is 31.0 Å². The van der Waals surface area contributed by atoms with E-state index in [1.165, 1.54) is 0 Å². The van der Waals surface area contributed by atoms with Gasteiger partial charge in [-0.1, -0.05) is 19.1 Å². The molecule has 1 fully saturated rings. The molecule has 0 radical (unpaired) electrons. The summed E-state index contributed by atoms with van der Waals surface area (Å²) in [5.41, 5.74) is 3.30. The van der Waals surface area contributed by atoms with E-state index in [0.717, 1.165) is 34.5 Å². The summed E-state index contributed by atoms with van der Waals surface area (Å²) in [6.07, 6.45) is 3.13. The molecule has 1 atom stereocenters. The van der Waals surface area contributed by atoms with Crippen LogP contribution in [0, 0.1) is 6.92 Å². The van der Waals surface area contributed by atoms with Crippen molar-refractivity contribution < 1.29 is 18.8 Å². The molecule has 1 N–H and O–H groups in total. The van der Waals surface area contributed by atoms with Crippen LogP contribution < -0.4 is 4.74 Å². The molecule has 0 saturated carbocycles. The van der Waals surface area contributed by atoms with E-state index >= 15 is 0 Å². The van der Waals surface area contributed by atoms with Crippen LogP contribution in [0.3, 0.4) is 0 Å². The molecule has 0 amide bonds. The van der Waals surface area contributed by atoms with E-state index in [9.17, 15) is 4.55 Å². The number of ether oxygens (including phenoxy) is 3. The number of hydrogen-bond acceptors (Lipinski definition) is 6. The Bertz CT molecular complexity index is 945. The zero-order valence-corrected chi connectivity index (χ0v) is 17.5. The molecule has 1 saturated heterocycles. The van der Waals surface area contributed by atoms with Crippen LogP contribution in [-0.2, 0) is 26.4 Å². The SMILES string of the molecule is CCC1(CCOc2ccnc(C[S+]([O-])c3nc4ccccc4[nH]3)c2C)OCCO1.[NaH]. The second-order valence-electron chi connectivity index (χ2n) is 6.99. The zero-order chi connectivity index (χ0) is 20.3. The molecule has 156 valence electrons. The standard InChI is InChI=1S/C21H25N3O4S.Na.H/c1-3-21(27-12-13-28-21)9-11-26-19-8-10-22-18(15(19)2)14-29(25)20-23-16-6-4-5-7-17(16)24-20;;/h4-8,10H,3,9,11-14H2,1-2H3,(H,23,24);;. The molecule has 3 aromatic rings. The Morgan fingerprint density at radius 2 is 2.00 bits per heavy atom. The number of hydrogen-bond donors (Lipinski definition) is 1. The van der Waals surface area contributed by atoms with E-state index in [2.05, 4.69) is 21.9 Å². The molecule has 2 aromatic heterocycles. The van der Waals surface area contributed by atoms with Crippen molar-refractivity contribution in [2.45, 2.75) is 43.4 Å². The fourth-order valence-electron chi connectivity index (χ4n) is 3.43. The van der Waals surface area contributed by atoms with E-state index < -0.39 is 17.0 Å². The first kappa shape index (κ1) is 23.5. The van der Waals surface area contributed by atoms with Gasteiger partial charge in [-0.15, -0.1) is 0 Å². The number of aromatic amines is 1. The molecular weight excluding hydrogens is 413 g/mol. The van der Waals surface area contributed by atoms with Gasteiger partial charge in [-0.2, -0.15) is 4.98 Å². The van der Waals surface area contributed by atoms with E-state index in [0.29, 0.717) is 31.4 Å². The van der Waals surface area contributed by atoms with Gasteiger partial charge in [0.25, 0.3) is 0 Å². The zero-order valence-electron chi connectivity index (χ0n) is 16.6. The van der Waals surface area contributed by atoms with Gasteiger partial charge < -0.3 is 18.8 Å². The number of imidazole rings is 1. The minimum atomic E-state index is -1.33. The Morgan fingerprint density at radius 1 is 1.23 bits per heavy atom. The number of para-hydroxylation sites is 2. The Morgan fingerprint density at radius 3 is 2.73 bits per heavy atom. The van der Waals surface area contributed by atoms with Crippen LogP contribution in [0.2, 0.25) is 0 Å². The molecule has 1 aliphatic heterocycles. The van der Waals surface area contributed by atoms with Crippen molar-refractivity contribution in [1.29, 1.82) is 0 Å². The minimum absolute atomic E-state index is 0. The number of rotatable bonds is 8. The van der Waals surface area contributed by atoms with Gasteiger partial charge in [-0.25, -0.2) is 0 Å². The summed E-state index contributed by atoms with van der Waals surface area (Å²) < 4.78 is 30.3. The summed E-state index contributed by atoms with van der Waals surface area (Å²) in [4.78, 5) is 12.0. The number of fused-ring (bicyclic) bond motifs is 1. The topological polar surface area (TPSA) is 92.3 Å². The predicted octanol–water partition coefficient (Wildman–Crippen LogP) is 2.85. The average Bonchev–Trinajstić information content (AvgIpc) is 3.38. The van der Waals surface area contributed by atoms with Crippen molar-refractivity contribution in [2.24, 2.45) is 0 Å². The summed E-state index contributed by atoms with van der Waals surface area (Å²) >= 11 is -1.33. The van der Waals surface area contributed by atoms with Crippen molar-refractivity contribution >= 4 is 51.8 Å². The molecule has 1 aliphatic rings. The third kappa shape index (κ3) is 5.19. The molecule has 30 heavy (non-hydrogen) atoms. The first-order chi connectivity index (χ1) is 14.1. The van der Waals surface area contributed by atoms with Gasteiger partial charge in [0.2, 0.25) is 0 Å². The van der Waals surface area contributed by atoms with Gasteiger partial charge in [0.05, 0.1) is 36.5 Å². The maximum absolute atomic E-state index is 12.8. The van der Waals surface area contributed by atoms with Crippen LogP contribution in [0.15, 0.2) is 41.7 Å². The van der Waals surface area contributed by atoms with Crippen LogP contribution in [0.5, 0.6) is 5.75 Å². The Balaban J connectivity index is 0.00000256. The van der Waals surface area contributed by atoms with Gasteiger partial charge in [-0.3, -0.25) is 9.97 Å². The molecule has 0 spiro atoms.